The SMILES string of the molecule is CCNC(=O)CCN1CCCC(C(=O)O)C1. The van der Waals surface area contributed by atoms with Crippen LogP contribution in [0, 0.1) is 5.92 Å². The van der Waals surface area contributed by atoms with Crippen molar-refractivity contribution in [3.8, 4) is 0 Å². The summed E-state index contributed by atoms with van der Waals surface area (Å²) >= 11 is 0. The van der Waals surface area contributed by atoms with E-state index in [1.807, 2.05) is 6.92 Å². The third-order valence-electron chi connectivity index (χ3n) is 2.88. The molecule has 1 heterocycles. The van der Waals surface area contributed by atoms with Crippen LogP contribution in [-0.2, 0) is 9.59 Å². The normalized spacial score (nSPS) is 21.7. The number of carboxylic acids is 1. The summed E-state index contributed by atoms with van der Waals surface area (Å²) < 4.78 is 0. The third-order valence-corrected chi connectivity index (χ3v) is 2.88. The van der Waals surface area contributed by atoms with Crippen LogP contribution in [0.2, 0.25) is 0 Å². The Kier molecular flexibility index (Phi) is 5.25. The predicted molar refractivity (Wildman–Crippen MR) is 60.1 cm³/mol. The minimum atomic E-state index is -0.720. The molecular weight excluding hydrogens is 208 g/mol. The highest BCUT2D eigenvalue weighted by atomic mass is 16.4. The summed E-state index contributed by atoms with van der Waals surface area (Å²) in [5.74, 6) is -0.939. The third kappa shape index (κ3) is 4.18. The fourth-order valence-corrected chi connectivity index (χ4v) is 2.01. The van der Waals surface area contributed by atoms with Crippen molar-refractivity contribution in [3.05, 3.63) is 0 Å². The Bertz CT molecular complexity index is 256. The van der Waals surface area contributed by atoms with Gasteiger partial charge in [0.25, 0.3) is 0 Å². The molecule has 1 aliphatic rings. The van der Waals surface area contributed by atoms with Gasteiger partial charge in [-0.2, -0.15) is 0 Å². The van der Waals surface area contributed by atoms with Crippen LogP contribution < -0.4 is 5.32 Å². The molecule has 0 bridgehead atoms. The number of carbonyl (C=O) groups is 2. The van der Waals surface area contributed by atoms with Crippen molar-refractivity contribution >= 4 is 11.9 Å². The van der Waals surface area contributed by atoms with E-state index in [2.05, 4.69) is 10.2 Å². The number of hydrogen-bond acceptors (Lipinski definition) is 3. The maximum absolute atomic E-state index is 11.2. The number of likely N-dealkylation sites (tertiary alicyclic amines) is 1. The van der Waals surface area contributed by atoms with E-state index in [0.717, 1.165) is 19.4 Å². The first-order valence-electron chi connectivity index (χ1n) is 5.85. The van der Waals surface area contributed by atoms with Crippen LogP contribution in [0.1, 0.15) is 26.2 Å². The van der Waals surface area contributed by atoms with Crippen LogP contribution >= 0.6 is 0 Å². The lowest BCUT2D eigenvalue weighted by Gasteiger charge is -2.30. The molecule has 0 aromatic heterocycles. The second-order valence-electron chi connectivity index (χ2n) is 4.18. The molecule has 1 unspecified atom stereocenters. The second-order valence-corrected chi connectivity index (χ2v) is 4.18. The van der Waals surface area contributed by atoms with Gasteiger partial charge in [0.1, 0.15) is 0 Å². The predicted octanol–water partition coefficient (Wildman–Crippen LogP) is 0.309. The summed E-state index contributed by atoms with van der Waals surface area (Å²) in [6, 6.07) is 0. The van der Waals surface area contributed by atoms with Crippen molar-refractivity contribution < 1.29 is 14.7 Å². The fraction of sp³-hybridized carbons (Fsp3) is 0.818. The number of aliphatic carboxylic acids is 1. The lowest BCUT2D eigenvalue weighted by Crippen LogP contribution is -2.40. The Hall–Kier alpha value is -1.10. The standard InChI is InChI=1S/C11H20N2O3/c1-2-12-10(14)5-7-13-6-3-4-9(8-13)11(15)16/h9H,2-8H2,1H3,(H,12,14)(H,15,16). The highest BCUT2D eigenvalue weighted by Gasteiger charge is 2.25. The van der Waals surface area contributed by atoms with Crippen LogP contribution in [0.3, 0.4) is 0 Å². The van der Waals surface area contributed by atoms with Gasteiger partial charge in [-0.15, -0.1) is 0 Å². The van der Waals surface area contributed by atoms with E-state index in [1.165, 1.54) is 0 Å². The maximum Gasteiger partial charge on any atom is 0.307 e. The molecule has 0 radical (unpaired) electrons. The van der Waals surface area contributed by atoms with Gasteiger partial charge < -0.3 is 15.3 Å². The molecular formula is C11H20N2O3. The Balaban J connectivity index is 2.26. The van der Waals surface area contributed by atoms with Gasteiger partial charge in [0.15, 0.2) is 0 Å². The van der Waals surface area contributed by atoms with E-state index >= 15 is 0 Å². The first-order chi connectivity index (χ1) is 7.63. The summed E-state index contributed by atoms with van der Waals surface area (Å²) in [6.45, 7) is 4.68. The molecule has 1 saturated heterocycles. The van der Waals surface area contributed by atoms with E-state index in [9.17, 15) is 9.59 Å². The molecule has 92 valence electrons. The van der Waals surface area contributed by atoms with Crippen LogP contribution in [-0.4, -0.2) is 48.1 Å². The molecule has 1 aliphatic heterocycles. The van der Waals surface area contributed by atoms with Gasteiger partial charge in [0.05, 0.1) is 5.92 Å². The van der Waals surface area contributed by atoms with Crippen molar-refractivity contribution in [2.75, 3.05) is 26.2 Å². The van der Waals surface area contributed by atoms with Crippen molar-refractivity contribution in [1.29, 1.82) is 0 Å². The van der Waals surface area contributed by atoms with Crippen molar-refractivity contribution in [1.82, 2.24) is 10.2 Å². The van der Waals surface area contributed by atoms with E-state index < -0.39 is 5.97 Å². The largest absolute Gasteiger partial charge is 0.481 e. The van der Waals surface area contributed by atoms with Crippen LogP contribution in [0.15, 0.2) is 0 Å². The molecule has 0 aromatic carbocycles. The van der Waals surface area contributed by atoms with Gasteiger partial charge in [-0.3, -0.25) is 9.59 Å². The highest BCUT2D eigenvalue weighted by molar-refractivity contribution is 5.76. The average Bonchev–Trinajstić information content (AvgIpc) is 2.27. The Labute approximate surface area is 95.8 Å². The smallest absolute Gasteiger partial charge is 0.307 e. The lowest BCUT2D eigenvalue weighted by molar-refractivity contribution is -0.143. The second kappa shape index (κ2) is 6.48. The molecule has 16 heavy (non-hydrogen) atoms. The summed E-state index contributed by atoms with van der Waals surface area (Å²) in [4.78, 5) is 24.1. The summed E-state index contributed by atoms with van der Waals surface area (Å²) in [5, 5.41) is 11.6. The Morgan fingerprint density at radius 2 is 2.25 bits per heavy atom. The van der Waals surface area contributed by atoms with Gasteiger partial charge in [0, 0.05) is 26.1 Å². The van der Waals surface area contributed by atoms with Gasteiger partial charge in [-0.1, -0.05) is 0 Å². The molecule has 5 nitrogen and oxygen atoms in total. The number of carbonyl (C=O) groups excluding carboxylic acids is 1. The molecule has 5 heteroatoms. The molecule has 1 amide bonds. The molecule has 1 atom stereocenters. The topological polar surface area (TPSA) is 69.6 Å². The number of hydrogen-bond donors (Lipinski definition) is 2. The number of nitrogens with one attached hydrogen (secondary N) is 1. The number of carboxylic acid groups (broad SMARTS) is 1. The van der Waals surface area contributed by atoms with Crippen molar-refractivity contribution in [2.45, 2.75) is 26.2 Å². The fourth-order valence-electron chi connectivity index (χ4n) is 2.01. The summed E-state index contributed by atoms with van der Waals surface area (Å²) in [5.41, 5.74) is 0. The molecule has 0 spiro atoms. The van der Waals surface area contributed by atoms with Crippen LogP contribution in [0.25, 0.3) is 0 Å². The van der Waals surface area contributed by atoms with Crippen molar-refractivity contribution in [2.24, 2.45) is 5.92 Å². The van der Waals surface area contributed by atoms with Crippen LogP contribution in [0.5, 0.6) is 0 Å². The molecule has 1 rings (SSSR count). The number of piperidine rings is 1. The van der Waals surface area contributed by atoms with E-state index in [1.54, 1.807) is 0 Å². The number of amides is 1. The van der Waals surface area contributed by atoms with E-state index in [0.29, 0.717) is 26.1 Å². The zero-order valence-corrected chi connectivity index (χ0v) is 9.74. The summed E-state index contributed by atoms with van der Waals surface area (Å²) in [6.07, 6.45) is 2.12. The van der Waals surface area contributed by atoms with Gasteiger partial charge in [-0.05, 0) is 26.3 Å². The molecule has 0 aliphatic carbocycles. The van der Waals surface area contributed by atoms with Crippen molar-refractivity contribution in [3.63, 3.8) is 0 Å². The van der Waals surface area contributed by atoms with E-state index in [-0.39, 0.29) is 11.8 Å². The van der Waals surface area contributed by atoms with Gasteiger partial charge in [0.2, 0.25) is 5.91 Å². The van der Waals surface area contributed by atoms with Gasteiger partial charge in [-0.25, -0.2) is 0 Å². The average molecular weight is 228 g/mol. The number of rotatable bonds is 5. The van der Waals surface area contributed by atoms with Crippen LogP contribution in [0.4, 0.5) is 0 Å². The molecule has 1 fully saturated rings. The summed E-state index contributed by atoms with van der Waals surface area (Å²) in [7, 11) is 0. The molecule has 2 N–H and O–H groups in total. The quantitative estimate of drug-likeness (QED) is 0.710. The zero-order valence-electron chi connectivity index (χ0n) is 9.74. The monoisotopic (exact) mass is 228 g/mol. The number of nitrogens with zero attached hydrogens (tertiary/aromatic N) is 1. The minimum absolute atomic E-state index is 0.0416. The molecule has 0 aromatic rings. The Morgan fingerprint density at radius 3 is 2.88 bits per heavy atom. The lowest BCUT2D eigenvalue weighted by atomic mass is 9.98. The minimum Gasteiger partial charge on any atom is -0.481 e. The zero-order chi connectivity index (χ0) is 12.0. The highest BCUT2D eigenvalue weighted by Crippen LogP contribution is 2.16. The molecule has 0 saturated carbocycles. The van der Waals surface area contributed by atoms with Gasteiger partial charge >= 0.3 is 5.97 Å². The maximum atomic E-state index is 11.2. The van der Waals surface area contributed by atoms with E-state index in [4.69, 9.17) is 5.11 Å². The first kappa shape index (κ1) is 13.0. The first-order valence-corrected chi connectivity index (χ1v) is 5.85. The Morgan fingerprint density at radius 1 is 1.50 bits per heavy atom.